The predicted molar refractivity (Wildman–Crippen MR) is 225 cm³/mol. The number of furan rings is 1. The Morgan fingerprint density at radius 3 is 1.85 bits per heavy atom. The summed E-state index contributed by atoms with van der Waals surface area (Å²) in [6.45, 7) is 0. The Balaban J connectivity index is 1.02. The van der Waals surface area contributed by atoms with Crippen LogP contribution in [0.5, 0.6) is 0 Å². The van der Waals surface area contributed by atoms with E-state index in [-0.39, 0.29) is 0 Å². The highest BCUT2D eigenvalue weighted by atomic mass is 32.1. The molecular weight excluding hydrogens is 681 g/mol. The van der Waals surface area contributed by atoms with Crippen molar-refractivity contribution in [2.45, 2.75) is 0 Å². The summed E-state index contributed by atoms with van der Waals surface area (Å²) in [6.07, 6.45) is 0. The van der Waals surface area contributed by atoms with E-state index >= 15 is 0 Å². The van der Waals surface area contributed by atoms with Crippen LogP contribution in [-0.2, 0) is 0 Å². The molecule has 8 aromatic carbocycles. The minimum absolute atomic E-state index is 0.605. The van der Waals surface area contributed by atoms with Crippen LogP contribution >= 0.6 is 11.3 Å². The van der Waals surface area contributed by atoms with Gasteiger partial charge in [0, 0.05) is 59.5 Å². The highest BCUT2D eigenvalue weighted by Gasteiger charge is 2.20. The molecule has 54 heavy (non-hydrogen) atoms. The number of benzene rings is 8. The molecule has 4 nitrogen and oxygen atoms in total. The number of thiophene rings is 1. The number of rotatable bonds is 6. The van der Waals surface area contributed by atoms with Crippen molar-refractivity contribution in [3.63, 3.8) is 0 Å². The van der Waals surface area contributed by atoms with E-state index in [1.165, 1.54) is 31.3 Å². The highest BCUT2D eigenvalue weighted by molar-refractivity contribution is 7.26. The summed E-state index contributed by atoms with van der Waals surface area (Å²) in [5.74, 6) is 0.605. The molecule has 0 N–H and O–H groups in total. The summed E-state index contributed by atoms with van der Waals surface area (Å²) < 4.78 is 15.3. The van der Waals surface area contributed by atoms with Crippen molar-refractivity contribution in [1.29, 1.82) is 0 Å². The minimum atomic E-state index is 0.605. The molecule has 3 heterocycles. The lowest BCUT2D eigenvalue weighted by atomic mass is 10.0. The van der Waals surface area contributed by atoms with E-state index in [1.807, 2.05) is 47.7 Å². The molecule has 0 aliphatic heterocycles. The lowest BCUT2D eigenvalue weighted by Gasteiger charge is -2.27. The van der Waals surface area contributed by atoms with Gasteiger partial charge in [-0.25, -0.2) is 4.98 Å². The van der Waals surface area contributed by atoms with Gasteiger partial charge in [0.1, 0.15) is 16.7 Å². The molecule has 0 radical (unpaired) electrons. The van der Waals surface area contributed by atoms with Gasteiger partial charge in [0.05, 0.1) is 5.69 Å². The third-order valence-corrected chi connectivity index (χ3v) is 11.5. The third kappa shape index (κ3) is 5.01. The van der Waals surface area contributed by atoms with Crippen LogP contribution in [0.3, 0.4) is 0 Å². The minimum Gasteiger partial charge on any atom is -0.455 e. The van der Waals surface area contributed by atoms with Gasteiger partial charge in [-0.05, 0) is 77.4 Å². The Morgan fingerprint density at radius 2 is 1.07 bits per heavy atom. The molecule has 5 heteroatoms. The first-order chi connectivity index (χ1) is 26.7. The average Bonchev–Trinajstić information content (AvgIpc) is 3.94. The van der Waals surface area contributed by atoms with E-state index < -0.39 is 0 Å². The first kappa shape index (κ1) is 30.7. The number of nitrogens with zero attached hydrogens (tertiary/aromatic N) is 2. The fourth-order valence-electron chi connectivity index (χ4n) is 7.74. The van der Waals surface area contributed by atoms with Gasteiger partial charge in [0.15, 0.2) is 5.58 Å². The molecule has 0 unspecified atom stereocenters. The van der Waals surface area contributed by atoms with Crippen molar-refractivity contribution in [2.24, 2.45) is 0 Å². The van der Waals surface area contributed by atoms with Gasteiger partial charge in [-0.3, -0.25) is 0 Å². The highest BCUT2D eigenvalue weighted by Crippen LogP contribution is 2.46. The molecule has 0 saturated carbocycles. The Hall–Kier alpha value is -6.95. The quantitative estimate of drug-likeness (QED) is 0.172. The standard InChI is InChI=1S/C49H30N2O2S/c1-3-11-31(12-4-1)32-21-25-35(26-22-32)51(42-18-10-20-46-47(42)39-15-7-8-19-45(39)54-46)36-27-23-33(24-28-36)37-16-9-17-38-40-29-41-44(30-43(40)52-48(37)38)53-49(50-41)34-13-5-2-6-14-34/h1-30H. The Morgan fingerprint density at radius 1 is 0.444 bits per heavy atom. The molecule has 0 bridgehead atoms. The predicted octanol–water partition coefficient (Wildman–Crippen LogP) is 14.6. The molecule has 254 valence electrons. The third-order valence-electron chi connectivity index (χ3n) is 10.3. The lowest BCUT2D eigenvalue weighted by molar-refractivity contribution is 0.617. The van der Waals surface area contributed by atoms with Crippen molar-refractivity contribution in [1.82, 2.24) is 4.98 Å². The normalized spacial score (nSPS) is 11.7. The van der Waals surface area contributed by atoms with Crippen LogP contribution < -0.4 is 4.90 Å². The van der Waals surface area contributed by atoms with Crippen molar-refractivity contribution in [3.05, 3.63) is 182 Å². The molecule has 3 aromatic heterocycles. The van der Waals surface area contributed by atoms with Gasteiger partial charge in [-0.1, -0.05) is 115 Å². The zero-order valence-electron chi connectivity index (χ0n) is 28.9. The lowest BCUT2D eigenvalue weighted by Crippen LogP contribution is -2.10. The zero-order valence-corrected chi connectivity index (χ0v) is 29.8. The van der Waals surface area contributed by atoms with Crippen molar-refractivity contribution in [3.8, 4) is 33.7 Å². The first-order valence-corrected chi connectivity index (χ1v) is 18.8. The second-order valence-electron chi connectivity index (χ2n) is 13.5. The van der Waals surface area contributed by atoms with E-state index in [2.05, 4.69) is 150 Å². The van der Waals surface area contributed by atoms with Crippen LogP contribution in [0.4, 0.5) is 17.1 Å². The molecule has 0 atom stereocenters. The van der Waals surface area contributed by atoms with Gasteiger partial charge in [-0.15, -0.1) is 11.3 Å². The molecule has 11 rings (SSSR count). The summed E-state index contributed by atoms with van der Waals surface area (Å²) in [6, 6.07) is 64.0. The Labute approximate surface area is 314 Å². The maximum absolute atomic E-state index is 6.61. The number of hydrogen-bond donors (Lipinski definition) is 0. The molecule has 0 amide bonds. The van der Waals surface area contributed by atoms with Crippen LogP contribution in [0.25, 0.3) is 86.9 Å². The molecule has 0 aliphatic rings. The van der Waals surface area contributed by atoms with E-state index in [9.17, 15) is 0 Å². The fourth-order valence-corrected chi connectivity index (χ4v) is 8.87. The second kappa shape index (κ2) is 12.3. The Kier molecular flexibility index (Phi) is 7.00. The molecule has 0 fully saturated rings. The van der Waals surface area contributed by atoms with Crippen LogP contribution in [0, 0.1) is 0 Å². The van der Waals surface area contributed by atoms with Crippen LogP contribution in [0.15, 0.2) is 191 Å². The number of oxazole rings is 1. The Bertz CT molecular complexity index is 3140. The summed E-state index contributed by atoms with van der Waals surface area (Å²) >= 11 is 1.84. The number of fused-ring (bicyclic) bond motifs is 7. The summed E-state index contributed by atoms with van der Waals surface area (Å²) in [5, 5.41) is 4.60. The van der Waals surface area contributed by atoms with Crippen molar-refractivity contribution in [2.75, 3.05) is 4.90 Å². The van der Waals surface area contributed by atoms with Gasteiger partial charge in [0.2, 0.25) is 5.89 Å². The summed E-state index contributed by atoms with van der Waals surface area (Å²) in [7, 11) is 0. The SMILES string of the molecule is c1ccc(-c2ccc(N(c3ccc(-c4cccc5c4oc4cc6oc(-c7ccccc7)nc6cc45)cc3)c3cccc4sc5ccccc5c34)cc2)cc1. The molecular formula is C49H30N2O2S. The summed E-state index contributed by atoms with van der Waals surface area (Å²) in [5.41, 5.74) is 11.9. The van der Waals surface area contributed by atoms with Gasteiger partial charge in [0.25, 0.3) is 0 Å². The van der Waals surface area contributed by atoms with Crippen molar-refractivity contribution >= 4 is 81.6 Å². The number of aromatic nitrogens is 1. The first-order valence-electron chi connectivity index (χ1n) is 18.0. The van der Waals surface area contributed by atoms with E-state index in [1.54, 1.807) is 0 Å². The molecule has 0 saturated heterocycles. The number of hydrogen-bond acceptors (Lipinski definition) is 5. The molecule has 0 aliphatic carbocycles. The van der Waals surface area contributed by atoms with Gasteiger partial charge < -0.3 is 13.7 Å². The van der Waals surface area contributed by atoms with E-state index in [0.29, 0.717) is 11.5 Å². The smallest absolute Gasteiger partial charge is 0.227 e. The van der Waals surface area contributed by atoms with Gasteiger partial charge in [-0.2, -0.15) is 0 Å². The number of para-hydroxylation sites is 1. The monoisotopic (exact) mass is 710 g/mol. The van der Waals surface area contributed by atoms with Crippen LogP contribution in [0.2, 0.25) is 0 Å². The van der Waals surface area contributed by atoms with Crippen molar-refractivity contribution < 1.29 is 8.83 Å². The van der Waals surface area contributed by atoms with Crippen LogP contribution in [0.1, 0.15) is 0 Å². The van der Waals surface area contributed by atoms with E-state index in [4.69, 9.17) is 13.8 Å². The summed E-state index contributed by atoms with van der Waals surface area (Å²) in [4.78, 5) is 7.20. The molecule has 0 spiro atoms. The van der Waals surface area contributed by atoms with E-state index in [0.717, 1.165) is 61.2 Å². The molecule has 11 aromatic rings. The maximum atomic E-state index is 6.61. The topological polar surface area (TPSA) is 42.4 Å². The van der Waals surface area contributed by atoms with Crippen LogP contribution in [-0.4, -0.2) is 4.98 Å². The fraction of sp³-hybridized carbons (Fsp3) is 0. The largest absolute Gasteiger partial charge is 0.455 e. The van der Waals surface area contributed by atoms with Gasteiger partial charge >= 0.3 is 0 Å². The number of anilines is 3. The zero-order chi connectivity index (χ0) is 35.6. The average molecular weight is 711 g/mol. The second-order valence-corrected chi connectivity index (χ2v) is 14.6. The maximum Gasteiger partial charge on any atom is 0.227 e.